The third-order valence-electron chi connectivity index (χ3n) is 2.53. The number of aliphatic hydroxyl groups is 1. The minimum atomic E-state index is -0.603. The Morgan fingerprint density at radius 1 is 1.35 bits per heavy atom. The first-order chi connectivity index (χ1) is 9.60. The molecule has 104 valence electrons. The number of hydrogen-bond acceptors (Lipinski definition) is 5. The van der Waals surface area contributed by atoms with E-state index < -0.39 is 4.92 Å². The summed E-state index contributed by atoms with van der Waals surface area (Å²) >= 11 is 5.67. The summed E-state index contributed by atoms with van der Waals surface area (Å²) in [5, 5.41) is 19.9. The summed E-state index contributed by atoms with van der Waals surface area (Å²) in [6.07, 6.45) is 1.82. The van der Waals surface area contributed by atoms with Crippen LogP contribution in [0.15, 0.2) is 36.5 Å². The second kappa shape index (κ2) is 6.31. The van der Waals surface area contributed by atoms with Gasteiger partial charge in [-0.05, 0) is 24.1 Å². The van der Waals surface area contributed by atoms with E-state index >= 15 is 0 Å². The molecule has 7 heteroatoms. The van der Waals surface area contributed by atoms with Crippen LogP contribution in [0.4, 0.5) is 5.69 Å². The van der Waals surface area contributed by atoms with Crippen molar-refractivity contribution in [1.29, 1.82) is 0 Å². The summed E-state index contributed by atoms with van der Waals surface area (Å²) in [6, 6.07) is 8.04. The van der Waals surface area contributed by atoms with E-state index in [4.69, 9.17) is 21.4 Å². The normalized spacial score (nSPS) is 10.3. The minimum absolute atomic E-state index is 0.0599. The molecule has 0 aliphatic heterocycles. The number of rotatable bonds is 5. The third kappa shape index (κ3) is 3.43. The molecule has 2 aromatic rings. The molecule has 20 heavy (non-hydrogen) atoms. The van der Waals surface area contributed by atoms with E-state index in [1.165, 1.54) is 12.3 Å². The number of benzene rings is 1. The van der Waals surface area contributed by atoms with E-state index in [0.29, 0.717) is 12.2 Å². The molecular weight excluding hydrogens is 284 g/mol. The van der Waals surface area contributed by atoms with Gasteiger partial charge in [0, 0.05) is 12.7 Å². The zero-order valence-electron chi connectivity index (χ0n) is 10.3. The standard InChI is InChI=1S/C13H11ClN2O4/c14-10-7-12(16(18)19)13(15-8-10)20-11-3-1-9(2-4-11)5-6-17/h1-4,7-8,17H,5-6H2. The smallest absolute Gasteiger partial charge is 0.332 e. The lowest BCUT2D eigenvalue weighted by atomic mass is 10.1. The lowest BCUT2D eigenvalue weighted by molar-refractivity contribution is -0.386. The molecule has 6 nitrogen and oxygen atoms in total. The monoisotopic (exact) mass is 294 g/mol. The molecule has 0 spiro atoms. The Morgan fingerprint density at radius 3 is 2.65 bits per heavy atom. The van der Waals surface area contributed by atoms with Crippen molar-refractivity contribution in [3.63, 3.8) is 0 Å². The largest absolute Gasteiger partial charge is 0.434 e. The molecule has 0 bridgehead atoms. The molecule has 0 saturated carbocycles. The fourth-order valence-electron chi connectivity index (χ4n) is 1.59. The Hall–Kier alpha value is -2.18. The Labute approximate surface area is 119 Å². The second-order valence-electron chi connectivity index (χ2n) is 3.95. The van der Waals surface area contributed by atoms with E-state index in [1.54, 1.807) is 24.3 Å². The van der Waals surface area contributed by atoms with Crippen molar-refractivity contribution in [2.75, 3.05) is 6.61 Å². The van der Waals surface area contributed by atoms with Gasteiger partial charge >= 0.3 is 5.69 Å². The topological polar surface area (TPSA) is 85.5 Å². The number of aliphatic hydroxyl groups excluding tert-OH is 1. The minimum Gasteiger partial charge on any atom is -0.434 e. The summed E-state index contributed by atoms with van der Waals surface area (Å²) in [7, 11) is 0. The average Bonchev–Trinajstić information content (AvgIpc) is 2.43. The molecule has 0 aliphatic carbocycles. The molecule has 1 N–H and O–H groups in total. The molecular formula is C13H11ClN2O4. The quantitative estimate of drug-likeness (QED) is 0.677. The van der Waals surface area contributed by atoms with Gasteiger partial charge in [0.15, 0.2) is 0 Å². The van der Waals surface area contributed by atoms with Crippen LogP contribution >= 0.6 is 11.6 Å². The van der Waals surface area contributed by atoms with Gasteiger partial charge < -0.3 is 9.84 Å². The lowest BCUT2D eigenvalue weighted by Gasteiger charge is -2.06. The first kappa shape index (κ1) is 14.2. The molecule has 2 rings (SSSR count). The van der Waals surface area contributed by atoms with Crippen LogP contribution in [0.2, 0.25) is 5.02 Å². The number of hydrogen-bond donors (Lipinski definition) is 1. The molecule has 0 atom stereocenters. The van der Waals surface area contributed by atoms with Crippen molar-refractivity contribution in [3.05, 3.63) is 57.2 Å². The van der Waals surface area contributed by atoms with Crippen molar-refractivity contribution < 1.29 is 14.8 Å². The Morgan fingerprint density at radius 2 is 2.05 bits per heavy atom. The van der Waals surface area contributed by atoms with Gasteiger partial charge in [-0.2, -0.15) is 0 Å². The number of ether oxygens (including phenoxy) is 1. The maximum atomic E-state index is 10.9. The highest BCUT2D eigenvalue weighted by Gasteiger charge is 2.18. The maximum Gasteiger partial charge on any atom is 0.332 e. The molecule has 0 amide bonds. The van der Waals surface area contributed by atoms with Crippen LogP contribution in [0.1, 0.15) is 5.56 Å². The highest BCUT2D eigenvalue weighted by Crippen LogP contribution is 2.31. The molecule has 1 aromatic carbocycles. The zero-order valence-corrected chi connectivity index (χ0v) is 11.1. The average molecular weight is 295 g/mol. The van der Waals surface area contributed by atoms with E-state index in [1.807, 2.05) is 0 Å². The molecule has 1 heterocycles. The van der Waals surface area contributed by atoms with Crippen LogP contribution in [0.25, 0.3) is 0 Å². The number of nitrogens with zero attached hydrogens (tertiary/aromatic N) is 2. The predicted molar refractivity (Wildman–Crippen MR) is 73.2 cm³/mol. The summed E-state index contributed by atoms with van der Waals surface area (Å²) in [5.41, 5.74) is 0.648. The van der Waals surface area contributed by atoms with Crippen molar-refractivity contribution in [2.45, 2.75) is 6.42 Å². The van der Waals surface area contributed by atoms with Gasteiger partial charge in [0.2, 0.25) is 0 Å². The van der Waals surface area contributed by atoms with Gasteiger partial charge in [0.1, 0.15) is 5.75 Å². The highest BCUT2D eigenvalue weighted by atomic mass is 35.5. The van der Waals surface area contributed by atoms with Crippen LogP contribution in [0, 0.1) is 10.1 Å². The van der Waals surface area contributed by atoms with Gasteiger partial charge in [-0.3, -0.25) is 10.1 Å². The molecule has 0 aliphatic rings. The molecule has 0 fully saturated rings. The summed E-state index contributed by atoms with van der Waals surface area (Å²) in [4.78, 5) is 14.1. The maximum absolute atomic E-state index is 10.9. The second-order valence-corrected chi connectivity index (χ2v) is 4.39. The van der Waals surface area contributed by atoms with Crippen molar-refractivity contribution in [3.8, 4) is 11.6 Å². The van der Waals surface area contributed by atoms with E-state index in [0.717, 1.165) is 5.56 Å². The fourth-order valence-corrected chi connectivity index (χ4v) is 1.74. The number of nitro groups is 1. The Bertz CT molecular complexity index is 616. The van der Waals surface area contributed by atoms with Crippen LogP contribution in [0.5, 0.6) is 11.6 Å². The molecule has 1 aromatic heterocycles. The van der Waals surface area contributed by atoms with Crippen molar-refractivity contribution in [2.24, 2.45) is 0 Å². The van der Waals surface area contributed by atoms with Crippen LogP contribution < -0.4 is 4.74 Å². The van der Waals surface area contributed by atoms with Gasteiger partial charge in [0.05, 0.1) is 16.1 Å². The summed E-state index contributed by atoms with van der Waals surface area (Å²) < 4.78 is 5.39. The van der Waals surface area contributed by atoms with Crippen molar-refractivity contribution >= 4 is 17.3 Å². The van der Waals surface area contributed by atoms with Gasteiger partial charge in [-0.1, -0.05) is 23.7 Å². The van der Waals surface area contributed by atoms with E-state index in [2.05, 4.69) is 4.98 Å². The summed E-state index contributed by atoms with van der Waals surface area (Å²) in [5.74, 6) is 0.305. The van der Waals surface area contributed by atoms with Crippen LogP contribution in [0.3, 0.4) is 0 Å². The molecule has 0 saturated heterocycles. The van der Waals surface area contributed by atoms with Crippen LogP contribution in [-0.4, -0.2) is 21.6 Å². The first-order valence-corrected chi connectivity index (χ1v) is 6.15. The Kier molecular flexibility index (Phi) is 4.49. The predicted octanol–water partition coefficient (Wildman–Crippen LogP) is 2.97. The van der Waals surface area contributed by atoms with E-state index in [9.17, 15) is 10.1 Å². The first-order valence-electron chi connectivity index (χ1n) is 5.77. The van der Waals surface area contributed by atoms with Crippen LogP contribution in [-0.2, 0) is 6.42 Å². The van der Waals surface area contributed by atoms with Gasteiger partial charge in [-0.15, -0.1) is 0 Å². The highest BCUT2D eigenvalue weighted by molar-refractivity contribution is 6.30. The zero-order chi connectivity index (χ0) is 14.5. The number of halogens is 1. The third-order valence-corrected chi connectivity index (χ3v) is 2.74. The van der Waals surface area contributed by atoms with Crippen molar-refractivity contribution in [1.82, 2.24) is 4.98 Å². The molecule has 0 unspecified atom stereocenters. The Balaban J connectivity index is 2.23. The number of pyridine rings is 1. The number of aromatic nitrogens is 1. The fraction of sp³-hybridized carbons (Fsp3) is 0.154. The van der Waals surface area contributed by atoms with Gasteiger partial charge in [0.25, 0.3) is 5.88 Å². The molecule has 0 radical (unpaired) electrons. The van der Waals surface area contributed by atoms with Gasteiger partial charge in [-0.25, -0.2) is 4.98 Å². The lowest BCUT2D eigenvalue weighted by Crippen LogP contribution is -1.96. The van der Waals surface area contributed by atoms with E-state index in [-0.39, 0.29) is 23.2 Å². The summed E-state index contributed by atoms with van der Waals surface area (Å²) in [6.45, 7) is 0.0599. The SMILES string of the molecule is O=[N+]([O-])c1cc(Cl)cnc1Oc1ccc(CCO)cc1.